The quantitative estimate of drug-likeness (QED) is 0.916. The van der Waals surface area contributed by atoms with Crippen molar-refractivity contribution in [2.45, 2.75) is 32.4 Å². The molecule has 1 aromatic carbocycles. The van der Waals surface area contributed by atoms with Crippen molar-refractivity contribution < 1.29 is 9.18 Å². The van der Waals surface area contributed by atoms with Crippen molar-refractivity contribution >= 4 is 5.91 Å². The Labute approximate surface area is 118 Å². The third-order valence-corrected chi connectivity index (χ3v) is 3.49. The second-order valence-electron chi connectivity index (χ2n) is 5.60. The molecule has 0 saturated carbocycles. The van der Waals surface area contributed by atoms with E-state index < -0.39 is 5.82 Å². The predicted octanol–water partition coefficient (Wildman–Crippen LogP) is 1.95. The van der Waals surface area contributed by atoms with E-state index in [2.05, 4.69) is 0 Å². The summed E-state index contributed by atoms with van der Waals surface area (Å²) in [5.41, 5.74) is 6.77. The van der Waals surface area contributed by atoms with Crippen LogP contribution in [0.4, 0.5) is 4.39 Å². The van der Waals surface area contributed by atoms with E-state index >= 15 is 0 Å². The molecule has 2 rings (SSSR count). The fourth-order valence-electron chi connectivity index (χ4n) is 2.67. The Morgan fingerprint density at radius 3 is 2.85 bits per heavy atom. The van der Waals surface area contributed by atoms with Crippen LogP contribution in [-0.4, -0.2) is 23.4 Å². The van der Waals surface area contributed by atoms with Crippen LogP contribution in [0.15, 0.2) is 18.2 Å². The molecule has 1 aromatic rings. The first-order valence-electron chi connectivity index (χ1n) is 6.68. The SMILES string of the molecule is CC(C)CN1C(=O)CC(N)C1c1ccc(F)c(C#N)c1. The third-order valence-electron chi connectivity index (χ3n) is 3.49. The Morgan fingerprint density at radius 2 is 2.25 bits per heavy atom. The lowest BCUT2D eigenvalue weighted by Crippen LogP contribution is -2.35. The fourth-order valence-corrected chi connectivity index (χ4v) is 2.67. The van der Waals surface area contributed by atoms with Gasteiger partial charge in [-0.25, -0.2) is 4.39 Å². The topological polar surface area (TPSA) is 70.1 Å². The minimum absolute atomic E-state index is 0.0130. The molecule has 20 heavy (non-hydrogen) atoms. The average Bonchev–Trinajstić information content (AvgIpc) is 2.65. The molecule has 0 aromatic heterocycles. The number of carbonyl (C=O) groups is 1. The highest BCUT2D eigenvalue weighted by Crippen LogP contribution is 2.33. The first kappa shape index (κ1) is 14.5. The molecule has 5 heteroatoms. The van der Waals surface area contributed by atoms with Crippen LogP contribution in [-0.2, 0) is 4.79 Å². The van der Waals surface area contributed by atoms with E-state index in [1.165, 1.54) is 12.1 Å². The molecule has 2 N–H and O–H groups in total. The smallest absolute Gasteiger partial charge is 0.224 e. The first-order chi connectivity index (χ1) is 9.43. The third kappa shape index (κ3) is 2.66. The van der Waals surface area contributed by atoms with Crippen molar-refractivity contribution in [3.63, 3.8) is 0 Å². The van der Waals surface area contributed by atoms with Gasteiger partial charge < -0.3 is 10.6 Å². The monoisotopic (exact) mass is 275 g/mol. The van der Waals surface area contributed by atoms with Crippen LogP contribution in [0.2, 0.25) is 0 Å². The van der Waals surface area contributed by atoms with E-state index in [1.54, 1.807) is 11.0 Å². The molecule has 0 aliphatic carbocycles. The zero-order valence-electron chi connectivity index (χ0n) is 11.6. The Morgan fingerprint density at radius 1 is 1.55 bits per heavy atom. The number of hydrogen-bond donors (Lipinski definition) is 1. The summed E-state index contributed by atoms with van der Waals surface area (Å²) in [5.74, 6) is -0.216. The van der Waals surface area contributed by atoms with Crippen molar-refractivity contribution in [2.75, 3.05) is 6.54 Å². The van der Waals surface area contributed by atoms with Crippen LogP contribution >= 0.6 is 0 Å². The summed E-state index contributed by atoms with van der Waals surface area (Å²) in [4.78, 5) is 13.8. The molecule has 1 amide bonds. The van der Waals surface area contributed by atoms with Crippen LogP contribution in [0.3, 0.4) is 0 Å². The van der Waals surface area contributed by atoms with E-state index in [9.17, 15) is 9.18 Å². The number of carbonyl (C=O) groups excluding carboxylic acids is 1. The van der Waals surface area contributed by atoms with E-state index in [0.29, 0.717) is 12.5 Å². The maximum Gasteiger partial charge on any atom is 0.224 e. The molecule has 1 aliphatic rings. The summed E-state index contributed by atoms with van der Waals surface area (Å²) in [6.07, 6.45) is 0.288. The highest BCUT2D eigenvalue weighted by Gasteiger charge is 2.38. The molecule has 2 unspecified atom stereocenters. The van der Waals surface area contributed by atoms with Crippen LogP contribution in [0.1, 0.15) is 37.4 Å². The molecular weight excluding hydrogens is 257 g/mol. The number of halogens is 1. The first-order valence-corrected chi connectivity index (χ1v) is 6.68. The molecule has 0 bridgehead atoms. The van der Waals surface area contributed by atoms with Crippen LogP contribution in [0.25, 0.3) is 0 Å². The van der Waals surface area contributed by atoms with Crippen molar-refractivity contribution in [3.05, 3.63) is 35.1 Å². The Balaban J connectivity index is 2.38. The molecule has 0 radical (unpaired) electrons. The van der Waals surface area contributed by atoms with Crippen molar-refractivity contribution in [1.29, 1.82) is 5.26 Å². The van der Waals surface area contributed by atoms with Gasteiger partial charge >= 0.3 is 0 Å². The van der Waals surface area contributed by atoms with Gasteiger partial charge in [0.15, 0.2) is 0 Å². The molecule has 1 heterocycles. The summed E-state index contributed by atoms with van der Waals surface area (Å²) in [5, 5.41) is 8.91. The maximum absolute atomic E-state index is 13.4. The summed E-state index contributed by atoms with van der Waals surface area (Å²) in [6, 6.07) is 5.58. The lowest BCUT2D eigenvalue weighted by Gasteiger charge is -2.29. The predicted molar refractivity (Wildman–Crippen MR) is 73.0 cm³/mol. The van der Waals surface area contributed by atoms with Gasteiger partial charge in [-0.1, -0.05) is 19.9 Å². The molecule has 106 valence electrons. The van der Waals surface area contributed by atoms with E-state index in [0.717, 1.165) is 5.56 Å². The Hall–Kier alpha value is -1.93. The number of benzene rings is 1. The summed E-state index contributed by atoms with van der Waals surface area (Å²) in [7, 11) is 0. The normalized spacial score (nSPS) is 22.4. The largest absolute Gasteiger partial charge is 0.334 e. The van der Waals surface area contributed by atoms with Gasteiger partial charge in [0.2, 0.25) is 5.91 Å². The van der Waals surface area contributed by atoms with E-state index in [4.69, 9.17) is 11.0 Å². The minimum Gasteiger partial charge on any atom is -0.334 e. The van der Waals surface area contributed by atoms with Gasteiger partial charge in [-0.2, -0.15) is 5.26 Å². The standard InChI is InChI=1S/C15H18FN3O/c1-9(2)8-19-14(20)6-13(18)15(19)10-3-4-12(16)11(5-10)7-17/h3-5,9,13,15H,6,8,18H2,1-2H3. The zero-order valence-corrected chi connectivity index (χ0v) is 11.6. The van der Waals surface area contributed by atoms with Crippen LogP contribution in [0.5, 0.6) is 0 Å². The molecule has 1 saturated heterocycles. The van der Waals surface area contributed by atoms with E-state index in [-0.39, 0.29) is 30.0 Å². The highest BCUT2D eigenvalue weighted by atomic mass is 19.1. The number of nitrogens with two attached hydrogens (primary N) is 1. The second-order valence-corrected chi connectivity index (χ2v) is 5.60. The van der Waals surface area contributed by atoms with Crippen LogP contribution < -0.4 is 5.73 Å². The minimum atomic E-state index is -0.551. The second kappa shape index (κ2) is 5.59. The summed E-state index contributed by atoms with van der Waals surface area (Å²) >= 11 is 0. The Bertz CT molecular complexity index is 565. The number of likely N-dealkylation sites (tertiary alicyclic amines) is 1. The van der Waals surface area contributed by atoms with Crippen LogP contribution in [0, 0.1) is 23.1 Å². The van der Waals surface area contributed by atoms with Gasteiger partial charge in [0.05, 0.1) is 11.6 Å². The van der Waals surface area contributed by atoms with Gasteiger partial charge in [0.25, 0.3) is 0 Å². The number of nitriles is 1. The molecule has 4 nitrogen and oxygen atoms in total. The molecule has 2 atom stereocenters. The van der Waals surface area contributed by atoms with Gasteiger partial charge in [0.1, 0.15) is 11.9 Å². The number of rotatable bonds is 3. The van der Waals surface area contributed by atoms with Gasteiger partial charge in [-0.15, -0.1) is 0 Å². The maximum atomic E-state index is 13.4. The number of amides is 1. The fraction of sp³-hybridized carbons (Fsp3) is 0.467. The number of hydrogen-bond acceptors (Lipinski definition) is 3. The van der Waals surface area contributed by atoms with Crippen molar-refractivity contribution in [2.24, 2.45) is 11.7 Å². The average molecular weight is 275 g/mol. The lowest BCUT2D eigenvalue weighted by atomic mass is 9.98. The van der Waals surface area contributed by atoms with E-state index in [1.807, 2.05) is 19.9 Å². The zero-order chi connectivity index (χ0) is 14.9. The van der Waals surface area contributed by atoms with Crippen molar-refractivity contribution in [1.82, 2.24) is 4.90 Å². The molecule has 1 fully saturated rings. The summed E-state index contributed by atoms with van der Waals surface area (Å²) in [6.45, 7) is 4.66. The molecule has 1 aliphatic heterocycles. The molecular formula is C15H18FN3O. The van der Waals surface area contributed by atoms with Gasteiger partial charge in [0, 0.05) is 19.0 Å². The summed E-state index contributed by atoms with van der Waals surface area (Å²) < 4.78 is 13.4. The lowest BCUT2D eigenvalue weighted by molar-refractivity contribution is -0.129. The van der Waals surface area contributed by atoms with Gasteiger partial charge in [-0.05, 0) is 23.6 Å². The van der Waals surface area contributed by atoms with Crippen molar-refractivity contribution in [3.8, 4) is 6.07 Å². The van der Waals surface area contributed by atoms with Gasteiger partial charge in [-0.3, -0.25) is 4.79 Å². The number of nitrogens with zero attached hydrogens (tertiary/aromatic N) is 2. The highest BCUT2D eigenvalue weighted by molar-refractivity contribution is 5.80. The molecule has 0 spiro atoms. The Kier molecular flexibility index (Phi) is 4.05.